The SMILES string of the molecule is CCOC1CC(N)(c2nc(-c3cc(Cl)c(OC)c(OC)c3)no2)C1(C)C. The number of benzene rings is 1. The van der Waals surface area contributed by atoms with Crippen LogP contribution in [0.2, 0.25) is 5.02 Å². The summed E-state index contributed by atoms with van der Waals surface area (Å²) in [6.45, 7) is 6.71. The highest BCUT2D eigenvalue weighted by atomic mass is 35.5. The van der Waals surface area contributed by atoms with Gasteiger partial charge in [0.15, 0.2) is 11.5 Å². The summed E-state index contributed by atoms with van der Waals surface area (Å²) in [6, 6.07) is 3.45. The van der Waals surface area contributed by atoms with Gasteiger partial charge < -0.3 is 24.5 Å². The molecule has 2 aromatic rings. The summed E-state index contributed by atoms with van der Waals surface area (Å²) in [5.74, 6) is 1.73. The fourth-order valence-electron chi connectivity index (χ4n) is 3.37. The maximum atomic E-state index is 6.60. The quantitative estimate of drug-likeness (QED) is 0.819. The number of hydrogen-bond acceptors (Lipinski definition) is 7. The smallest absolute Gasteiger partial charge is 0.247 e. The fourth-order valence-corrected chi connectivity index (χ4v) is 3.65. The first kappa shape index (κ1) is 18.9. The van der Waals surface area contributed by atoms with E-state index >= 15 is 0 Å². The molecule has 2 N–H and O–H groups in total. The summed E-state index contributed by atoms with van der Waals surface area (Å²) in [5, 5.41) is 4.48. The minimum absolute atomic E-state index is 0.0587. The van der Waals surface area contributed by atoms with Gasteiger partial charge in [-0.25, -0.2) is 0 Å². The van der Waals surface area contributed by atoms with Gasteiger partial charge in [0.1, 0.15) is 5.54 Å². The predicted octanol–water partition coefficient (Wildman–Crippen LogP) is 3.40. The normalized spacial score (nSPS) is 24.2. The predicted molar refractivity (Wildman–Crippen MR) is 97.5 cm³/mol. The van der Waals surface area contributed by atoms with Crippen molar-refractivity contribution >= 4 is 11.6 Å². The summed E-state index contributed by atoms with van der Waals surface area (Å²) in [5.41, 5.74) is 6.20. The molecule has 0 amide bonds. The summed E-state index contributed by atoms with van der Waals surface area (Å²) in [6.07, 6.45) is 0.686. The Morgan fingerprint density at radius 2 is 2.04 bits per heavy atom. The second-order valence-corrected chi connectivity index (χ2v) is 7.37. The van der Waals surface area contributed by atoms with Gasteiger partial charge in [0, 0.05) is 24.0 Å². The lowest BCUT2D eigenvalue weighted by atomic mass is 9.54. The Hall–Kier alpha value is -1.83. The van der Waals surface area contributed by atoms with Crippen LogP contribution in [0.1, 0.15) is 33.1 Å². The van der Waals surface area contributed by atoms with Crippen LogP contribution in [0.25, 0.3) is 11.4 Å². The molecule has 0 spiro atoms. The number of ether oxygens (including phenoxy) is 3. The van der Waals surface area contributed by atoms with Crippen LogP contribution >= 0.6 is 11.6 Å². The van der Waals surface area contributed by atoms with Crippen molar-refractivity contribution in [1.82, 2.24) is 10.1 Å². The summed E-state index contributed by atoms with van der Waals surface area (Å²) in [7, 11) is 3.07. The van der Waals surface area contributed by atoms with Crippen LogP contribution in [0.5, 0.6) is 11.5 Å². The highest BCUT2D eigenvalue weighted by Crippen LogP contribution is 2.55. The first-order chi connectivity index (χ1) is 12.3. The second-order valence-electron chi connectivity index (χ2n) is 6.96. The van der Waals surface area contributed by atoms with Crippen LogP contribution in [0.15, 0.2) is 16.7 Å². The number of hydrogen-bond donors (Lipinski definition) is 1. The molecule has 1 saturated carbocycles. The van der Waals surface area contributed by atoms with Crippen LogP contribution < -0.4 is 15.2 Å². The van der Waals surface area contributed by atoms with E-state index in [0.717, 1.165) is 0 Å². The largest absolute Gasteiger partial charge is 0.493 e. The van der Waals surface area contributed by atoms with E-state index in [-0.39, 0.29) is 11.5 Å². The Morgan fingerprint density at radius 3 is 2.62 bits per heavy atom. The molecule has 1 heterocycles. The van der Waals surface area contributed by atoms with Crippen molar-refractivity contribution in [3.8, 4) is 22.9 Å². The Kier molecular flexibility index (Phi) is 4.90. The summed E-state index contributed by atoms with van der Waals surface area (Å²) >= 11 is 6.27. The Balaban J connectivity index is 1.93. The summed E-state index contributed by atoms with van der Waals surface area (Å²) in [4.78, 5) is 4.52. The minimum Gasteiger partial charge on any atom is -0.493 e. The average molecular weight is 382 g/mol. The highest BCUT2D eigenvalue weighted by molar-refractivity contribution is 6.32. The molecule has 1 aromatic carbocycles. The van der Waals surface area contributed by atoms with E-state index in [4.69, 9.17) is 36.1 Å². The molecule has 142 valence electrons. The number of nitrogens with two attached hydrogens (primary N) is 1. The van der Waals surface area contributed by atoms with Gasteiger partial charge in [0.05, 0.1) is 25.3 Å². The van der Waals surface area contributed by atoms with Crippen LogP contribution in [-0.2, 0) is 10.3 Å². The van der Waals surface area contributed by atoms with Crippen molar-refractivity contribution in [2.24, 2.45) is 11.1 Å². The van der Waals surface area contributed by atoms with Crippen molar-refractivity contribution in [2.45, 2.75) is 38.8 Å². The zero-order chi connectivity index (χ0) is 19.1. The van der Waals surface area contributed by atoms with Gasteiger partial charge in [-0.2, -0.15) is 4.98 Å². The molecule has 1 aliphatic carbocycles. The number of methoxy groups -OCH3 is 2. The Morgan fingerprint density at radius 1 is 1.31 bits per heavy atom. The zero-order valence-corrected chi connectivity index (χ0v) is 16.4. The lowest BCUT2D eigenvalue weighted by Crippen LogP contribution is -2.67. The molecule has 0 saturated heterocycles. The van der Waals surface area contributed by atoms with Gasteiger partial charge in [-0.1, -0.05) is 30.6 Å². The molecule has 8 heteroatoms. The van der Waals surface area contributed by atoms with Crippen LogP contribution in [-0.4, -0.2) is 37.1 Å². The first-order valence-electron chi connectivity index (χ1n) is 8.45. The van der Waals surface area contributed by atoms with Gasteiger partial charge in [-0.3, -0.25) is 0 Å². The Labute approximate surface area is 157 Å². The third kappa shape index (κ3) is 2.74. The van der Waals surface area contributed by atoms with Gasteiger partial charge in [-0.05, 0) is 19.1 Å². The number of halogens is 1. The molecule has 0 radical (unpaired) electrons. The monoisotopic (exact) mass is 381 g/mol. The van der Waals surface area contributed by atoms with E-state index in [1.807, 2.05) is 20.8 Å². The van der Waals surface area contributed by atoms with E-state index in [2.05, 4.69) is 10.1 Å². The molecule has 7 nitrogen and oxygen atoms in total. The molecule has 0 bridgehead atoms. The molecular formula is C18H24ClN3O4. The molecule has 26 heavy (non-hydrogen) atoms. The van der Waals surface area contributed by atoms with E-state index in [1.165, 1.54) is 7.11 Å². The molecule has 1 aliphatic rings. The van der Waals surface area contributed by atoms with Gasteiger partial charge in [0.2, 0.25) is 11.7 Å². The zero-order valence-electron chi connectivity index (χ0n) is 15.6. The maximum Gasteiger partial charge on any atom is 0.247 e. The van der Waals surface area contributed by atoms with E-state index in [0.29, 0.717) is 46.8 Å². The van der Waals surface area contributed by atoms with Crippen molar-refractivity contribution in [3.05, 3.63) is 23.0 Å². The fraction of sp³-hybridized carbons (Fsp3) is 0.556. The number of rotatable bonds is 6. The highest BCUT2D eigenvalue weighted by Gasteiger charge is 2.62. The van der Waals surface area contributed by atoms with E-state index in [1.54, 1.807) is 19.2 Å². The number of nitrogens with zero attached hydrogens (tertiary/aromatic N) is 2. The molecule has 3 rings (SSSR count). The Bertz CT molecular complexity index is 808. The van der Waals surface area contributed by atoms with Crippen LogP contribution in [0.4, 0.5) is 0 Å². The van der Waals surface area contributed by atoms with Crippen LogP contribution in [0.3, 0.4) is 0 Å². The van der Waals surface area contributed by atoms with E-state index < -0.39 is 5.54 Å². The van der Waals surface area contributed by atoms with Crippen molar-refractivity contribution < 1.29 is 18.7 Å². The standard InChI is InChI=1S/C18H24ClN3O4/c1-6-25-13-9-18(20,17(13,2)3)16-21-15(22-26-16)10-7-11(19)14(24-5)12(8-10)23-4/h7-8,13H,6,9,20H2,1-5H3. The lowest BCUT2D eigenvalue weighted by molar-refractivity contribution is -0.162. The van der Waals surface area contributed by atoms with Crippen molar-refractivity contribution in [2.75, 3.05) is 20.8 Å². The second kappa shape index (κ2) is 6.72. The third-order valence-electron chi connectivity index (χ3n) is 5.33. The van der Waals surface area contributed by atoms with Gasteiger partial charge in [-0.15, -0.1) is 0 Å². The van der Waals surface area contributed by atoms with Crippen molar-refractivity contribution in [1.29, 1.82) is 0 Å². The molecule has 2 atom stereocenters. The topological polar surface area (TPSA) is 92.6 Å². The average Bonchev–Trinajstić information content (AvgIpc) is 3.11. The first-order valence-corrected chi connectivity index (χ1v) is 8.82. The van der Waals surface area contributed by atoms with Crippen LogP contribution in [0, 0.1) is 5.41 Å². The van der Waals surface area contributed by atoms with Gasteiger partial charge in [0.25, 0.3) is 0 Å². The maximum absolute atomic E-state index is 6.60. The summed E-state index contributed by atoms with van der Waals surface area (Å²) < 4.78 is 21.8. The van der Waals surface area contributed by atoms with Crippen molar-refractivity contribution in [3.63, 3.8) is 0 Å². The number of aromatic nitrogens is 2. The molecule has 0 aliphatic heterocycles. The molecular weight excluding hydrogens is 358 g/mol. The molecule has 1 aromatic heterocycles. The molecule has 1 fully saturated rings. The minimum atomic E-state index is -0.738. The molecule has 2 unspecified atom stereocenters. The lowest BCUT2D eigenvalue weighted by Gasteiger charge is -2.56. The van der Waals surface area contributed by atoms with Gasteiger partial charge >= 0.3 is 0 Å². The third-order valence-corrected chi connectivity index (χ3v) is 5.61. The van der Waals surface area contributed by atoms with E-state index in [9.17, 15) is 0 Å².